The lowest BCUT2D eigenvalue weighted by Crippen LogP contribution is -2.42. The highest BCUT2D eigenvalue weighted by molar-refractivity contribution is 7.10. The van der Waals surface area contributed by atoms with Crippen molar-refractivity contribution < 1.29 is 14.0 Å². The molecule has 1 aliphatic heterocycles. The molecule has 1 saturated heterocycles. The number of benzene rings is 1. The second-order valence-electron chi connectivity index (χ2n) is 6.21. The van der Waals surface area contributed by atoms with Gasteiger partial charge in [-0.05, 0) is 55.5 Å². The fourth-order valence-corrected chi connectivity index (χ4v) is 3.92. The summed E-state index contributed by atoms with van der Waals surface area (Å²) in [5, 5.41) is 1.98. The first kappa shape index (κ1) is 16.8. The third-order valence-electron chi connectivity index (χ3n) is 4.65. The smallest absolute Gasteiger partial charge is 0.230 e. The Balaban J connectivity index is 1.58. The molecule has 126 valence electrons. The first-order valence-corrected chi connectivity index (χ1v) is 9.06. The van der Waals surface area contributed by atoms with Gasteiger partial charge in [0.1, 0.15) is 5.82 Å². The molecule has 1 amide bonds. The Labute approximate surface area is 145 Å². The van der Waals surface area contributed by atoms with Crippen molar-refractivity contribution in [2.75, 3.05) is 13.1 Å². The van der Waals surface area contributed by atoms with Gasteiger partial charge < -0.3 is 4.90 Å². The van der Waals surface area contributed by atoms with Gasteiger partial charge in [0.2, 0.25) is 5.91 Å². The Morgan fingerprint density at radius 1 is 1.17 bits per heavy atom. The van der Waals surface area contributed by atoms with Crippen LogP contribution in [0.4, 0.5) is 4.39 Å². The monoisotopic (exact) mass is 345 g/mol. The van der Waals surface area contributed by atoms with Crippen LogP contribution in [0.25, 0.3) is 0 Å². The van der Waals surface area contributed by atoms with Crippen molar-refractivity contribution >= 4 is 23.0 Å². The molecule has 1 aromatic carbocycles. The third kappa shape index (κ3) is 3.56. The van der Waals surface area contributed by atoms with E-state index in [1.807, 2.05) is 29.3 Å². The van der Waals surface area contributed by atoms with Gasteiger partial charge in [-0.2, -0.15) is 0 Å². The fourth-order valence-electron chi connectivity index (χ4n) is 3.15. The van der Waals surface area contributed by atoms with E-state index < -0.39 is 0 Å². The van der Waals surface area contributed by atoms with Gasteiger partial charge in [0.25, 0.3) is 0 Å². The highest BCUT2D eigenvalue weighted by Crippen LogP contribution is 2.27. The molecule has 0 radical (unpaired) electrons. The number of rotatable bonds is 4. The quantitative estimate of drug-likeness (QED) is 0.782. The summed E-state index contributed by atoms with van der Waals surface area (Å²) in [6.07, 6.45) is 1.33. The van der Waals surface area contributed by atoms with Crippen LogP contribution in [0.15, 0.2) is 41.8 Å². The maximum absolute atomic E-state index is 13.0. The SMILES string of the molecule is C[C@H](C(=O)N1CCC(C(=O)c2ccc(F)cc2)CC1)c1cccs1. The number of nitrogens with zero attached hydrogens (tertiary/aromatic N) is 1. The Bertz CT molecular complexity index is 703. The molecule has 1 aliphatic rings. The molecule has 2 aromatic rings. The predicted molar refractivity (Wildman–Crippen MR) is 92.8 cm³/mol. The van der Waals surface area contributed by atoms with E-state index in [1.54, 1.807) is 11.3 Å². The van der Waals surface area contributed by atoms with Gasteiger partial charge >= 0.3 is 0 Å². The van der Waals surface area contributed by atoms with Crippen LogP contribution in [0.2, 0.25) is 0 Å². The average Bonchev–Trinajstić information content (AvgIpc) is 3.15. The molecule has 24 heavy (non-hydrogen) atoms. The number of ketones is 1. The molecule has 1 fully saturated rings. The number of amides is 1. The van der Waals surface area contributed by atoms with E-state index in [0.29, 0.717) is 31.5 Å². The lowest BCUT2D eigenvalue weighted by atomic mass is 9.88. The lowest BCUT2D eigenvalue weighted by molar-refractivity contribution is -0.133. The van der Waals surface area contributed by atoms with E-state index in [0.717, 1.165) is 4.88 Å². The number of halogens is 1. The third-order valence-corrected chi connectivity index (χ3v) is 5.70. The largest absolute Gasteiger partial charge is 0.342 e. The van der Waals surface area contributed by atoms with Crippen molar-refractivity contribution in [3.8, 4) is 0 Å². The van der Waals surface area contributed by atoms with E-state index in [1.165, 1.54) is 24.3 Å². The molecular formula is C19H20FNO2S. The van der Waals surface area contributed by atoms with Crippen molar-refractivity contribution in [2.45, 2.75) is 25.7 Å². The van der Waals surface area contributed by atoms with Crippen molar-refractivity contribution in [3.63, 3.8) is 0 Å². The molecule has 5 heteroatoms. The summed E-state index contributed by atoms with van der Waals surface area (Å²) in [7, 11) is 0. The van der Waals surface area contributed by atoms with Crippen molar-refractivity contribution in [1.29, 1.82) is 0 Å². The topological polar surface area (TPSA) is 37.4 Å². The number of carbonyl (C=O) groups excluding carboxylic acids is 2. The van der Waals surface area contributed by atoms with Crippen molar-refractivity contribution in [1.82, 2.24) is 4.90 Å². The van der Waals surface area contributed by atoms with Gasteiger partial charge in [0.05, 0.1) is 5.92 Å². The van der Waals surface area contributed by atoms with Gasteiger partial charge in [-0.3, -0.25) is 9.59 Å². The summed E-state index contributed by atoms with van der Waals surface area (Å²) in [5.74, 6) is -0.376. The number of likely N-dealkylation sites (tertiary alicyclic amines) is 1. The zero-order chi connectivity index (χ0) is 17.1. The Morgan fingerprint density at radius 3 is 2.42 bits per heavy atom. The highest BCUT2D eigenvalue weighted by atomic mass is 32.1. The van der Waals surface area contributed by atoms with Crippen molar-refractivity contribution in [2.24, 2.45) is 5.92 Å². The molecule has 0 aliphatic carbocycles. The van der Waals surface area contributed by atoms with Crippen LogP contribution < -0.4 is 0 Å². The summed E-state index contributed by atoms with van der Waals surface area (Å²) in [5.41, 5.74) is 0.549. The second-order valence-corrected chi connectivity index (χ2v) is 7.19. The van der Waals surface area contributed by atoms with Crippen LogP contribution >= 0.6 is 11.3 Å². The highest BCUT2D eigenvalue weighted by Gasteiger charge is 2.30. The minimum absolute atomic E-state index is 0.0494. The Hall–Kier alpha value is -2.01. The first-order valence-electron chi connectivity index (χ1n) is 8.18. The number of thiophene rings is 1. The fraction of sp³-hybridized carbons (Fsp3) is 0.368. The van der Waals surface area contributed by atoms with E-state index in [9.17, 15) is 14.0 Å². The summed E-state index contributed by atoms with van der Waals surface area (Å²) in [4.78, 5) is 28.0. The number of hydrogen-bond acceptors (Lipinski definition) is 3. The van der Waals surface area contributed by atoms with Crippen LogP contribution in [0.3, 0.4) is 0 Å². The van der Waals surface area contributed by atoms with Gasteiger partial charge in [0.15, 0.2) is 5.78 Å². The van der Waals surface area contributed by atoms with Gasteiger partial charge in [0, 0.05) is 29.4 Å². The summed E-state index contributed by atoms with van der Waals surface area (Å²) in [6.45, 7) is 3.14. The second kappa shape index (κ2) is 7.26. The van der Waals surface area contributed by atoms with Gasteiger partial charge in [-0.15, -0.1) is 11.3 Å². The molecule has 0 N–H and O–H groups in total. The van der Waals surface area contributed by atoms with Crippen LogP contribution in [-0.2, 0) is 4.79 Å². The minimum Gasteiger partial charge on any atom is -0.342 e. The first-order chi connectivity index (χ1) is 11.6. The number of Topliss-reactive ketones (excluding diaryl/α,β-unsaturated/α-hetero) is 1. The normalized spacial score (nSPS) is 16.8. The molecule has 0 spiro atoms. The number of hydrogen-bond donors (Lipinski definition) is 0. The molecule has 1 aromatic heterocycles. The van der Waals surface area contributed by atoms with E-state index in [2.05, 4.69) is 0 Å². The summed E-state index contributed by atoms with van der Waals surface area (Å²) < 4.78 is 13.0. The van der Waals surface area contributed by atoms with Crippen LogP contribution in [0.1, 0.15) is 40.9 Å². The number of carbonyl (C=O) groups is 2. The maximum atomic E-state index is 13.0. The average molecular weight is 345 g/mol. The van der Waals surface area contributed by atoms with E-state index >= 15 is 0 Å². The van der Waals surface area contributed by atoms with E-state index in [-0.39, 0.29) is 29.3 Å². The minimum atomic E-state index is -0.338. The molecule has 0 saturated carbocycles. The Kier molecular flexibility index (Phi) is 5.09. The molecular weight excluding hydrogens is 325 g/mol. The lowest BCUT2D eigenvalue weighted by Gasteiger charge is -2.33. The number of piperidine rings is 1. The van der Waals surface area contributed by atoms with Gasteiger partial charge in [-0.1, -0.05) is 6.07 Å². The molecule has 3 nitrogen and oxygen atoms in total. The van der Waals surface area contributed by atoms with Crippen LogP contribution in [0, 0.1) is 11.7 Å². The van der Waals surface area contributed by atoms with Crippen molar-refractivity contribution in [3.05, 3.63) is 58.0 Å². The molecule has 0 unspecified atom stereocenters. The standard InChI is InChI=1S/C19H20FNO2S/c1-13(17-3-2-12-24-17)19(23)21-10-8-15(9-11-21)18(22)14-4-6-16(20)7-5-14/h2-7,12-13,15H,8-11H2,1H3/t13-/m0/s1. The summed E-state index contributed by atoms with van der Waals surface area (Å²) in [6, 6.07) is 9.64. The molecule has 0 bridgehead atoms. The molecule has 2 heterocycles. The van der Waals surface area contributed by atoms with Crippen LogP contribution in [0.5, 0.6) is 0 Å². The summed E-state index contributed by atoms with van der Waals surface area (Å²) >= 11 is 1.59. The van der Waals surface area contributed by atoms with E-state index in [4.69, 9.17) is 0 Å². The Morgan fingerprint density at radius 2 is 1.83 bits per heavy atom. The molecule has 1 atom stereocenters. The van der Waals surface area contributed by atoms with Gasteiger partial charge in [-0.25, -0.2) is 4.39 Å². The zero-order valence-electron chi connectivity index (χ0n) is 13.6. The van der Waals surface area contributed by atoms with Crippen LogP contribution in [-0.4, -0.2) is 29.7 Å². The predicted octanol–water partition coefficient (Wildman–Crippen LogP) is 4.11. The zero-order valence-corrected chi connectivity index (χ0v) is 14.4. The molecule has 3 rings (SSSR count). The maximum Gasteiger partial charge on any atom is 0.230 e.